The van der Waals surface area contributed by atoms with E-state index >= 15 is 0 Å². The van der Waals surface area contributed by atoms with Crippen molar-refractivity contribution in [3.05, 3.63) is 98.6 Å². The first-order valence-corrected chi connectivity index (χ1v) is 12.7. The van der Waals surface area contributed by atoms with Gasteiger partial charge in [0.05, 0.1) is 26.2 Å². The van der Waals surface area contributed by atoms with E-state index in [1.807, 2.05) is 0 Å². The number of aryl methyl sites for hydroxylation is 1. The van der Waals surface area contributed by atoms with Crippen molar-refractivity contribution in [3.63, 3.8) is 0 Å². The van der Waals surface area contributed by atoms with Crippen LogP contribution >= 0.6 is 23.2 Å². The zero-order chi connectivity index (χ0) is 26.7. The Bertz CT molecular complexity index is 1590. The van der Waals surface area contributed by atoms with Crippen LogP contribution in [0.4, 0.5) is 5.69 Å². The number of hydrogen-bond acceptors (Lipinski definition) is 8. The SMILES string of the molecule is Cc1nn(-c2ccccc2)c(OC(=O)COc2ccc(Cl)cc2Cl)c1S(=O)(=O)c1ccc([N+](=O)[O-])cc1. The molecule has 0 unspecified atom stereocenters. The standard InChI is InChI=1S/C24H17Cl2N3O7S/c1-15-23(37(33,34)19-10-8-18(9-11-19)29(31)32)24(28(27-15)17-5-3-2-4-6-17)36-22(30)14-35-21-12-7-16(25)13-20(21)26/h2-13H,14H2,1H3. The van der Waals surface area contributed by atoms with Crippen LogP contribution < -0.4 is 9.47 Å². The van der Waals surface area contributed by atoms with Crippen molar-refractivity contribution in [1.82, 2.24) is 9.78 Å². The van der Waals surface area contributed by atoms with Crippen molar-refractivity contribution >= 4 is 44.7 Å². The van der Waals surface area contributed by atoms with E-state index in [1.165, 1.54) is 29.8 Å². The average molecular weight is 562 g/mol. The lowest BCUT2D eigenvalue weighted by atomic mass is 10.3. The number of ether oxygens (including phenoxy) is 2. The van der Waals surface area contributed by atoms with Crippen LogP contribution in [0, 0.1) is 17.0 Å². The van der Waals surface area contributed by atoms with Gasteiger partial charge in [-0.15, -0.1) is 0 Å². The molecule has 13 heteroatoms. The van der Waals surface area contributed by atoms with Crippen LogP contribution in [0.5, 0.6) is 11.6 Å². The molecule has 0 amide bonds. The topological polar surface area (TPSA) is 131 Å². The fourth-order valence-electron chi connectivity index (χ4n) is 3.37. The van der Waals surface area contributed by atoms with Crippen molar-refractivity contribution < 1.29 is 27.6 Å². The number of sulfone groups is 1. The van der Waals surface area contributed by atoms with E-state index in [0.717, 1.165) is 24.3 Å². The van der Waals surface area contributed by atoms with Crippen molar-refractivity contribution in [3.8, 4) is 17.3 Å². The van der Waals surface area contributed by atoms with Crippen molar-refractivity contribution in [2.45, 2.75) is 16.7 Å². The fourth-order valence-corrected chi connectivity index (χ4v) is 5.35. The van der Waals surface area contributed by atoms with Gasteiger partial charge in [-0.3, -0.25) is 10.1 Å². The first-order chi connectivity index (χ1) is 17.6. The van der Waals surface area contributed by atoms with E-state index in [4.69, 9.17) is 32.7 Å². The highest BCUT2D eigenvalue weighted by Gasteiger charge is 2.32. The Kier molecular flexibility index (Phi) is 7.48. The Labute approximate surface area is 221 Å². The molecule has 190 valence electrons. The molecular formula is C24H17Cl2N3O7S. The first kappa shape index (κ1) is 26.1. The Morgan fingerprint density at radius 1 is 1.05 bits per heavy atom. The summed E-state index contributed by atoms with van der Waals surface area (Å²) in [5.74, 6) is -1.12. The molecule has 0 spiro atoms. The summed E-state index contributed by atoms with van der Waals surface area (Å²) < 4.78 is 39.2. The minimum atomic E-state index is -4.31. The van der Waals surface area contributed by atoms with Gasteiger partial charge in [-0.25, -0.2) is 13.2 Å². The monoisotopic (exact) mass is 561 g/mol. The van der Waals surface area contributed by atoms with E-state index in [0.29, 0.717) is 10.7 Å². The van der Waals surface area contributed by atoms with Gasteiger partial charge in [0.25, 0.3) is 5.69 Å². The number of nitrogens with zero attached hydrogens (tertiary/aromatic N) is 3. The number of esters is 1. The van der Waals surface area contributed by atoms with Gasteiger partial charge < -0.3 is 9.47 Å². The summed E-state index contributed by atoms with van der Waals surface area (Å²) in [5, 5.41) is 15.8. The molecule has 3 aromatic carbocycles. The molecule has 0 saturated carbocycles. The minimum absolute atomic E-state index is 0.0478. The van der Waals surface area contributed by atoms with E-state index in [2.05, 4.69) is 5.10 Å². The molecule has 37 heavy (non-hydrogen) atoms. The third-order valence-corrected chi connectivity index (χ3v) is 7.47. The Balaban J connectivity index is 1.72. The third-order valence-electron chi connectivity index (χ3n) is 5.04. The number of hydrogen-bond donors (Lipinski definition) is 0. The number of nitro groups is 1. The van der Waals surface area contributed by atoms with Gasteiger partial charge in [0.2, 0.25) is 15.7 Å². The number of halogens is 2. The largest absolute Gasteiger partial charge is 0.480 e. The Hall–Kier alpha value is -3.93. The molecule has 4 rings (SSSR count). The van der Waals surface area contributed by atoms with Crippen LogP contribution in [-0.2, 0) is 14.6 Å². The first-order valence-electron chi connectivity index (χ1n) is 10.5. The zero-order valence-electron chi connectivity index (χ0n) is 19.0. The normalized spacial score (nSPS) is 11.2. The van der Waals surface area contributed by atoms with E-state index in [1.54, 1.807) is 30.3 Å². The Morgan fingerprint density at radius 2 is 1.73 bits per heavy atom. The number of carbonyl (C=O) groups is 1. The minimum Gasteiger partial charge on any atom is -0.480 e. The number of aromatic nitrogens is 2. The van der Waals surface area contributed by atoms with Gasteiger partial charge >= 0.3 is 5.97 Å². The van der Waals surface area contributed by atoms with Crippen LogP contribution in [0.1, 0.15) is 5.69 Å². The second-order valence-corrected chi connectivity index (χ2v) is 10.3. The summed E-state index contributed by atoms with van der Waals surface area (Å²) in [4.78, 5) is 22.5. The molecule has 0 fully saturated rings. The van der Waals surface area contributed by atoms with Gasteiger partial charge in [0, 0.05) is 17.2 Å². The predicted octanol–water partition coefficient (Wildman–Crippen LogP) is 5.21. The number of para-hydroxylation sites is 1. The molecule has 1 aromatic heterocycles. The van der Waals surface area contributed by atoms with Crippen LogP contribution in [0.25, 0.3) is 5.69 Å². The highest BCUT2D eigenvalue weighted by molar-refractivity contribution is 7.91. The molecule has 0 aliphatic rings. The molecule has 0 aliphatic heterocycles. The lowest BCUT2D eigenvalue weighted by molar-refractivity contribution is -0.384. The van der Waals surface area contributed by atoms with Gasteiger partial charge in [0.15, 0.2) is 11.5 Å². The molecule has 0 aliphatic carbocycles. The molecule has 0 N–H and O–H groups in total. The molecule has 0 atom stereocenters. The van der Waals surface area contributed by atoms with Gasteiger partial charge in [0.1, 0.15) is 5.75 Å². The summed E-state index contributed by atoms with van der Waals surface area (Å²) in [7, 11) is -4.31. The van der Waals surface area contributed by atoms with Gasteiger partial charge in [-0.2, -0.15) is 9.78 Å². The van der Waals surface area contributed by atoms with Crippen LogP contribution in [0.3, 0.4) is 0 Å². The third kappa shape index (κ3) is 5.58. The smallest absolute Gasteiger partial charge is 0.350 e. The lowest BCUT2D eigenvalue weighted by Crippen LogP contribution is -2.20. The number of benzene rings is 3. The van der Waals surface area contributed by atoms with Crippen LogP contribution in [0.2, 0.25) is 10.0 Å². The maximum absolute atomic E-state index is 13.6. The van der Waals surface area contributed by atoms with Crippen LogP contribution in [-0.4, -0.2) is 35.7 Å². The van der Waals surface area contributed by atoms with Crippen molar-refractivity contribution in [2.24, 2.45) is 0 Å². The second-order valence-electron chi connectivity index (χ2n) is 7.56. The summed E-state index contributed by atoms with van der Waals surface area (Å²) in [6.07, 6.45) is 0. The fraction of sp³-hybridized carbons (Fsp3) is 0.0833. The molecule has 1 heterocycles. The molecular weight excluding hydrogens is 545 g/mol. The van der Waals surface area contributed by atoms with E-state index < -0.39 is 27.3 Å². The number of nitro benzene ring substituents is 1. The summed E-state index contributed by atoms with van der Waals surface area (Å²) in [6.45, 7) is 0.844. The maximum Gasteiger partial charge on any atom is 0.350 e. The van der Waals surface area contributed by atoms with Crippen molar-refractivity contribution in [1.29, 1.82) is 0 Å². The predicted molar refractivity (Wildman–Crippen MR) is 134 cm³/mol. The number of rotatable bonds is 8. The van der Waals surface area contributed by atoms with Gasteiger partial charge in [-0.05, 0) is 49.4 Å². The van der Waals surface area contributed by atoms with Crippen LogP contribution in [0.15, 0.2) is 82.6 Å². The lowest BCUT2D eigenvalue weighted by Gasteiger charge is -2.12. The maximum atomic E-state index is 13.6. The quantitative estimate of drug-likeness (QED) is 0.163. The Morgan fingerprint density at radius 3 is 2.35 bits per heavy atom. The van der Waals surface area contributed by atoms with E-state index in [-0.39, 0.29) is 37.8 Å². The second kappa shape index (κ2) is 10.6. The highest BCUT2D eigenvalue weighted by Crippen LogP contribution is 2.35. The highest BCUT2D eigenvalue weighted by atomic mass is 35.5. The molecule has 0 bridgehead atoms. The zero-order valence-corrected chi connectivity index (χ0v) is 21.3. The van der Waals surface area contributed by atoms with Gasteiger partial charge in [-0.1, -0.05) is 41.4 Å². The van der Waals surface area contributed by atoms with Crippen molar-refractivity contribution in [2.75, 3.05) is 6.61 Å². The summed E-state index contributed by atoms with van der Waals surface area (Å²) in [6, 6.07) is 17.2. The number of non-ortho nitro benzene ring substituents is 1. The number of carbonyl (C=O) groups excluding carboxylic acids is 1. The molecule has 4 aromatic rings. The summed E-state index contributed by atoms with van der Waals surface area (Å²) in [5.41, 5.74) is 0.201. The summed E-state index contributed by atoms with van der Waals surface area (Å²) >= 11 is 11.9. The van der Waals surface area contributed by atoms with E-state index in [9.17, 15) is 23.3 Å². The average Bonchev–Trinajstić information content (AvgIpc) is 3.20. The molecule has 10 nitrogen and oxygen atoms in total. The molecule has 0 radical (unpaired) electrons. The molecule has 0 saturated heterocycles.